The summed E-state index contributed by atoms with van der Waals surface area (Å²) in [6.07, 6.45) is 0. The van der Waals surface area contributed by atoms with Gasteiger partial charge in [0.2, 0.25) is 0 Å². The van der Waals surface area contributed by atoms with Gasteiger partial charge in [-0.15, -0.1) is 0 Å². The Labute approximate surface area is 137 Å². The van der Waals surface area contributed by atoms with E-state index in [4.69, 9.17) is 23.2 Å². The monoisotopic (exact) mass is 338 g/mol. The average molecular weight is 339 g/mol. The van der Waals surface area contributed by atoms with Crippen molar-refractivity contribution in [3.05, 3.63) is 58.7 Å². The first-order chi connectivity index (χ1) is 9.88. The Hall–Kier alpha value is -1.29. The smallest absolute Gasteiger partial charge is 0.252 e. The first-order valence-electron chi connectivity index (χ1n) is 6.17. The van der Waals surface area contributed by atoms with Crippen LogP contribution in [0.15, 0.2) is 46.2 Å². The van der Waals surface area contributed by atoms with Crippen molar-refractivity contribution >= 4 is 45.4 Å². The van der Waals surface area contributed by atoms with Crippen LogP contribution in [0, 0.1) is 13.8 Å². The molecule has 0 bridgehead atoms. The van der Waals surface area contributed by atoms with E-state index < -0.39 is 10.5 Å². The molecule has 0 amide bonds. The lowest BCUT2D eigenvalue weighted by Gasteiger charge is -2.09. The highest BCUT2D eigenvalue weighted by Crippen LogP contribution is 2.33. The van der Waals surface area contributed by atoms with Crippen LogP contribution in [0.25, 0.3) is 0 Å². The second-order valence-electron chi connectivity index (χ2n) is 4.61. The van der Waals surface area contributed by atoms with Gasteiger partial charge in [0.1, 0.15) is 0 Å². The lowest BCUT2D eigenvalue weighted by atomic mass is 10.1. The van der Waals surface area contributed by atoms with E-state index in [0.29, 0.717) is 11.1 Å². The van der Waals surface area contributed by atoms with Crippen molar-refractivity contribution in [2.24, 2.45) is 0 Å². The van der Waals surface area contributed by atoms with E-state index in [-0.39, 0.29) is 0 Å². The van der Waals surface area contributed by atoms with Crippen molar-refractivity contribution in [2.45, 2.75) is 23.6 Å². The Morgan fingerprint density at radius 2 is 1.19 bits per heavy atom. The standard InChI is InChI=1S/C16H12Cl2O2S/c1-9-7-11(15(17)19)3-5-13(9)21-14-6-4-12(16(18)20)8-10(14)2/h3-8H,1-2H3. The lowest BCUT2D eigenvalue weighted by molar-refractivity contribution is 0.107. The maximum absolute atomic E-state index is 11.1. The van der Waals surface area contributed by atoms with Crippen LogP contribution in [0.3, 0.4) is 0 Å². The van der Waals surface area contributed by atoms with Crippen LogP contribution < -0.4 is 0 Å². The molecule has 0 saturated heterocycles. The molecule has 2 nitrogen and oxygen atoms in total. The zero-order valence-corrected chi connectivity index (χ0v) is 13.8. The summed E-state index contributed by atoms with van der Waals surface area (Å²) >= 11 is 12.5. The number of hydrogen-bond donors (Lipinski definition) is 0. The van der Waals surface area contributed by atoms with E-state index in [0.717, 1.165) is 20.9 Å². The van der Waals surface area contributed by atoms with E-state index in [1.807, 2.05) is 26.0 Å². The molecular formula is C16H12Cl2O2S. The first-order valence-corrected chi connectivity index (χ1v) is 7.74. The highest BCUT2D eigenvalue weighted by atomic mass is 35.5. The van der Waals surface area contributed by atoms with Crippen molar-refractivity contribution in [1.82, 2.24) is 0 Å². The molecule has 0 heterocycles. The minimum atomic E-state index is -0.462. The molecule has 0 aliphatic rings. The van der Waals surface area contributed by atoms with E-state index in [1.165, 1.54) is 0 Å². The van der Waals surface area contributed by atoms with Gasteiger partial charge >= 0.3 is 0 Å². The molecular weight excluding hydrogens is 327 g/mol. The Morgan fingerprint density at radius 1 is 0.810 bits per heavy atom. The van der Waals surface area contributed by atoms with Gasteiger partial charge in [0.05, 0.1) is 0 Å². The summed E-state index contributed by atoms with van der Waals surface area (Å²) in [5, 5.41) is -0.924. The molecule has 0 aliphatic heterocycles. The normalized spacial score (nSPS) is 10.5. The van der Waals surface area contributed by atoms with Crippen LogP contribution >= 0.6 is 35.0 Å². The number of halogens is 2. The third-order valence-electron chi connectivity index (χ3n) is 3.02. The van der Waals surface area contributed by atoms with Gasteiger partial charge in [-0.25, -0.2) is 0 Å². The van der Waals surface area contributed by atoms with E-state index in [1.54, 1.807) is 36.0 Å². The Balaban J connectivity index is 2.30. The number of hydrogen-bond acceptors (Lipinski definition) is 3. The van der Waals surface area contributed by atoms with Crippen molar-refractivity contribution < 1.29 is 9.59 Å². The van der Waals surface area contributed by atoms with Gasteiger partial charge in [-0.1, -0.05) is 11.8 Å². The number of benzene rings is 2. The Bertz CT molecular complexity index is 665. The fourth-order valence-corrected chi connectivity index (χ4v) is 3.07. The number of aryl methyl sites for hydroxylation is 2. The molecule has 0 aliphatic carbocycles. The van der Waals surface area contributed by atoms with E-state index >= 15 is 0 Å². The summed E-state index contributed by atoms with van der Waals surface area (Å²) in [7, 11) is 0. The number of rotatable bonds is 4. The van der Waals surface area contributed by atoms with Gasteiger partial charge in [-0.3, -0.25) is 9.59 Å². The summed E-state index contributed by atoms with van der Waals surface area (Å²) in [6, 6.07) is 10.7. The van der Waals surface area contributed by atoms with Crippen LogP contribution in [0.1, 0.15) is 31.8 Å². The van der Waals surface area contributed by atoms with Crippen LogP contribution in [0.5, 0.6) is 0 Å². The predicted molar refractivity (Wildman–Crippen MR) is 86.8 cm³/mol. The molecule has 0 unspecified atom stereocenters. The molecule has 21 heavy (non-hydrogen) atoms. The molecule has 0 fully saturated rings. The first kappa shape index (κ1) is 16.1. The fraction of sp³-hybridized carbons (Fsp3) is 0.125. The largest absolute Gasteiger partial charge is 0.276 e. The Kier molecular flexibility index (Phi) is 5.09. The minimum absolute atomic E-state index is 0.462. The van der Waals surface area contributed by atoms with Gasteiger partial charge in [-0.2, -0.15) is 0 Å². The van der Waals surface area contributed by atoms with Gasteiger partial charge in [-0.05, 0) is 84.6 Å². The summed E-state index contributed by atoms with van der Waals surface area (Å²) < 4.78 is 0. The zero-order valence-electron chi connectivity index (χ0n) is 11.4. The molecule has 0 saturated carbocycles. The molecule has 108 valence electrons. The zero-order chi connectivity index (χ0) is 15.6. The average Bonchev–Trinajstić information content (AvgIpc) is 2.42. The molecule has 0 radical (unpaired) electrons. The quantitative estimate of drug-likeness (QED) is 0.717. The van der Waals surface area contributed by atoms with Crippen LogP contribution in [0.4, 0.5) is 0 Å². The topological polar surface area (TPSA) is 34.1 Å². The number of carbonyl (C=O) groups is 2. The van der Waals surface area contributed by atoms with Crippen LogP contribution in [0.2, 0.25) is 0 Å². The molecule has 0 spiro atoms. The van der Waals surface area contributed by atoms with Crippen LogP contribution in [-0.2, 0) is 0 Å². The van der Waals surface area contributed by atoms with Gasteiger partial charge < -0.3 is 0 Å². The molecule has 2 rings (SSSR count). The second-order valence-corrected chi connectivity index (χ2v) is 6.38. The van der Waals surface area contributed by atoms with Gasteiger partial charge in [0.15, 0.2) is 0 Å². The predicted octanol–water partition coefficient (Wildman–Crippen LogP) is 5.21. The second kappa shape index (κ2) is 6.65. The van der Waals surface area contributed by atoms with Crippen molar-refractivity contribution in [1.29, 1.82) is 0 Å². The van der Waals surface area contributed by atoms with E-state index in [2.05, 4.69) is 0 Å². The number of carbonyl (C=O) groups excluding carboxylic acids is 2. The summed E-state index contributed by atoms with van der Waals surface area (Å²) in [6.45, 7) is 3.86. The fourth-order valence-electron chi connectivity index (χ4n) is 1.89. The Morgan fingerprint density at radius 3 is 1.48 bits per heavy atom. The molecule has 0 aromatic heterocycles. The highest BCUT2D eigenvalue weighted by Gasteiger charge is 2.09. The summed E-state index contributed by atoms with van der Waals surface area (Å²) in [5.74, 6) is 0. The molecule has 2 aromatic rings. The highest BCUT2D eigenvalue weighted by molar-refractivity contribution is 7.99. The lowest BCUT2D eigenvalue weighted by Crippen LogP contribution is -1.92. The molecule has 2 aromatic carbocycles. The van der Waals surface area contributed by atoms with Crippen LogP contribution in [-0.4, -0.2) is 10.5 Å². The van der Waals surface area contributed by atoms with Gasteiger partial charge in [0.25, 0.3) is 10.5 Å². The van der Waals surface area contributed by atoms with Crippen molar-refractivity contribution in [2.75, 3.05) is 0 Å². The molecule has 5 heteroatoms. The maximum atomic E-state index is 11.1. The third kappa shape index (κ3) is 3.88. The van der Waals surface area contributed by atoms with Crippen molar-refractivity contribution in [3.63, 3.8) is 0 Å². The van der Waals surface area contributed by atoms with E-state index in [9.17, 15) is 9.59 Å². The molecule has 0 atom stereocenters. The minimum Gasteiger partial charge on any atom is -0.276 e. The maximum Gasteiger partial charge on any atom is 0.252 e. The molecule has 0 N–H and O–H groups in total. The SMILES string of the molecule is Cc1cc(C(=O)Cl)ccc1Sc1ccc(C(=O)Cl)cc1C. The summed E-state index contributed by atoms with van der Waals surface area (Å²) in [5.41, 5.74) is 2.92. The third-order valence-corrected chi connectivity index (χ3v) is 4.82. The summed E-state index contributed by atoms with van der Waals surface area (Å²) in [4.78, 5) is 24.3. The van der Waals surface area contributed by atoms with Crippen molar-refractivity contribution in [3.8, 4) is 0 Å². The van der Waals surface area contributed by atoms with Gasteiger partial charge in [0, 0.05) is 20.9 Å².